The van der Waals surface area contributed by atoms with Gasteiger partial charge in [-0.2, -0.15) is 0 Å². The summed E-state index contributed by atoms with van der Waals surface area (Å²) in [5.41, 5.74) is 2.68. The van der Waals surface area contributed by atoms with Gasteiger partial charge in [0.05, 0.1) is 13.2 Å². The van der Waals surface area contributed by atoms with Crippen molar-refractivity contribution >= 4 is 18.7 Å². The molecule has 0 bridgehead atoms. The number of hydrogen-bond acceptors (Lipinski definition) is 3. The molecule has 0 saturated heterocycles. The third kappa shape index (κ3) is 7.77. The van der Waals surface area contributed by atoms with Gasteiger partial charge in [-0.1, -0.05) is 137 Å². The standard InChI is InChI=1S/C37H42O3Si/c1-5-6-13-28-39-33-25-20-30(21-26-33)22-27-36(38)32-23-18-31(19-24-32)29-40-41(37(2,3)4,34-14-9-7-10-15-34)35-16-11-8-12-17-35/h7-12,14-21,23-26,36,38H,5-6,13,28-29H2,1-4H3. The Morgan fingerprint density at radius 3 is 1.88 bits per heavy atom. The lowest BCUT2D eigenvalue weighted by Gasteiger charge is -2.43. The lowest BCUT2D eigenvalue weighted by molar-refractivity contribution is 0.238. The van der Waals surface area contributed by atoms with Crippen LogP contribution in [0.1, 0.15) is 69.8 Å². The second kappa shape index (κ2) is 14.3. The monoisotopic (exact) mass is 562 g/mol. The Kier molecular flexibility index (Phi) is 10.6. The number of rotatable bonds is 11. The fraction of sp³-hybridized carbons (Fsp3) is 0.297. The molecule has 3 nitrogen and oxygen atoms in total. The highest BCUT2D eigenvalue weighted by molar-refractivity contribution is 6.99. The van der Waals surface area contributed by atoms with E-state index in [9.17, 15) is 5.11 Å². The topological polar surface area (TPSA) is 38.7 Å². The van der Waals surface area contributed by atoms with Crippen molar-refractivity contribution in [2.24, 2.45) is 0 Å². The van der Waals surface area contributed by atoms with E-state index >= 15 is 0 Å². The van der Waals surface area contributed by atoms with E-state index in [1.54, 1.807) is 0 Å². The Balaban J connectivity index is 1.45. The number of ether oxygens (including phenoxy) is 1. The fourth-order valence-electron chi connectivity index (χ4n) is 5.16. The Bertz CT molecular complexity index is 1360. The SMILES string of the molecule is CCCCCOc1ccc(C#CC(O)c2ccc(CO[Si](c3ccccc3)(c3ccccc3)C(C)(C)C)cc2)cc1. The summed E-state index contributed by atoms with van der Waals surface area (Å²) in [6.45, 7) is 10.3. The van der Waals surface area contributed by atoms with Gasteiger partial charge in [0.25, 0.3) is 8.32 Å². The van der Waals surface area contributed by atoms with Crippen LogP contribution < -0.4 is 15.1 Å². The Labute approximate surface area is 247 Å². The van der Waals surface area contributed by atoms with E-state index in [-0.39, 0.29) is 5.04 Å². The van der Waals surface area contributed by atoms with Crippen LogP contribution in [0.5, 0.6) is 5.75 Å². The zero-order chi connectivity index (χ0) is 29.1. The minimum Gasteiger partial charge on any atom is -0.494 e. The van der Waals surface area contributed by atoms with Crippen molar-refractivity contribution in [2.75, 3.05) is 6.61 Å². The van der Waals surface area contributed by atoms with Gasteiger partial charge < -0.3 is 14.3 Å². The molecule has 0 aliphatic carbocycles. The number of benzene rings is 4. The van der Waals surface area contributed by atoms with E-state index < -0.39 is 14.4 Å². The summed E-state index contributed by atoms with van der Waals surface area (Å²) in [5.74, 6) is 6.91. The molecule has 1 unspecified atom stereocenters. The molecule has 0 saturated carbocycles. The molecule has 1 atom stereocenters. The molecule has 1 N–H and O–H groups in total. The number of aliphatic hydroxyl groups excluding tert-OH is 1. The van der Waals surface area contributed by atoms with Crippen molar-refractivity contribution in [3.8, 4) is 17.6 Å². The van der Waals surface area contributed by atoms with Crippen LogP contribution in [0.4, 0.5) is 0 Å². The van der Waals surface area contributed by atoms with Crippen molar-refractivity contribution in [1.82, 2.24) is 0 Å². The first-order chi connectivity index (χ1) is 19.8. The predicted molar refractivity (Wildman–Crippen MR) is 172 cm³/mol. The third-order valence-electron chi connectivity index (χ3n) is 7.39. The average Bonchev–Trinajstić information content (AvgIpc) is 3.00. The normalized spacial score (nSPS) is 12.3. The van der Waals surface area contributed by atoms with Crippen LogP contribution >= 0.6 is 0 Å². The molecular formula is C37H42O3Si. The van der Waals surface area contributed by atoms with Crippen molar-refractivity contribution in [3.63, 3.8) is 0 Å². The molecule has 0 aliphatic rings. The summed E-state index contributed by atoms with van der Waals surface area (Å²) in [5, 5.41) is 13.2. The van der Waals surface area contributed by atoms with Crippen molar-refractivity contribution in [1.29, 1.82) is 0 Å². The summed E-state index contributed by atoms with van der Waals surface area (Å²) >= 11 is 0. The van der Waals surface area contributed by atoms with Crippen LogP contribution in [0.15, 0.2) is 109 Å². The van der Waals surface area contributed by atoms with E-state index in [1.165, 1.54) is 23.2 Å². The van der Waals surface area contributed by atoms with Gasteiger partial charge in [0.2, 0.25) is 0 Å². The lowest BCUT2D eigenvalue weighted by Crippen LogP contribution is -2.66. The Hall–Kier alpha value is -3.62. The van der Waals surface area contributed by atoms with Gasteiger partial charge in [0, 0.05) is 5.56 Å². The summed E-state index contributed by atoms with van der Waals surface area (Å²) < 4.78 is 12.8. The molecule has 0 radical (unpaired) electrons. The second-order valence-electron chi connectivity index (χ2n) is 11.4. The molecular weight excluding hydrogens is 520 g/mol. The van der Waals surface area contributed by atoms with Crippen LogP contribution in [0, 0.1) is 11.8 Å². The van der Waals surface area contributed by atoms with Crippen LogP contribution in [0.2, 0.25) is 5.04 Å². The van der Waals surface area contributed by atoms with E-state index in [2.05, 4.69) is 100 Å². The zero-order valence-electron chi connectivity index (χ0n) is 24.8. The van der Waals surface area contributed by atoms with Crippen molar-refractivity contribution in [2.45, 2.75) is 64.7 Å². The lowest BCUT2D eigenvalue weighted by atomic mass is 10.1. The maximum atomic E-state index is 10.7. The summed E-state index contributed by atoms with van der Waals surface area (Å²) in [6, 6.07) is 37.0. The Morgan fingerprint density at radius 1 is 0.756 bits per heavy atom. The maximum absolute atomic E-state index is 10.7. The first-order valence-electron chi connectivity index (χ1n) is 14.6. The highest BCUT2D eigenvalue weighted by Gasteiger charge is 2.50. The molecule has 4 heteroatoms. The van der Waals surface area contributed by atoms with Crippen LogP contribution in [-0.2, 0) is 11.0 Å². The van der Waals surface area contributed by atoms with Crippen LogP contribution in [0.3, 0.4) is 0 Å². The van der Waals surface area contributed by atoms with Gasteiger partial charge in [-0.25, -0.2) is 0 Å². The van der Waals surface area contributed by atoms with Gasteiger partial charge in [-0.05, 0) is 57.2 Å². The Morgan fingerprint density at radius 2 is 1.34 bits per heavy atom. The van der Waals surface area contributed by atoms with Gasteiger partial charge in [0.15, 0.2) is 0 Å². The molecule has 0 amide bonds. The second-order valence-corrected chi connectivity index (χ2v) is 15.8. The van der Waals surface area contributed by atoms with E-state index in [4.69, 9.17) is 9.16 Å². The smallest absolute Gasteiger partial charge is 0.261 e. The quantitative estimate of drug-likeness (QED) is 0.117. The molecule has 4 aromatic rings. The maximum Gasteiger partial charge on any atom is 0.261 e. The molecule has 41 heavy (non-hydrogen) atoms. The minimum atomic E-state index is -2.61. The molecule has 0 fully saturated rings. The zero-order valence-corrected chi connectivity index (χ0v) is 25.8. The predicted octanol–water partition coefficient (Wildman–Crippen LogP) is 7.42. The highest BCUT2D eigenvalue weighted by atomic mass is 28.4. The molecule has 0 spiro atoms. The number of hydrogen-bond donors (Lipinski definition) is 1. The largest absolute Gasteiger partial charge is 0.494 e. The molecule has 4 rings (SSSR count). The first-order valence-corrected chi connectivity index (χ1v) is 16.5. The number of unbranched alkanes of at least 4 members (excludes halogenated alkanes) is 2. The van der Waals surface area contributed by atoms with Crippen molar-refractivity contribution < 1.29 is 14.3 Å². The number of aliphatic hydroxyl groups is 1. The average molecular weight is 563 g/mol. The van der Waals surface area contributed by atoms with Gasteiger partial charge in [0.1, 0.15) is 11.9 Å². The molecule has 4 aromatic carbocycles. The molecule has 0 aliphatic heterocycles. The van der Waals surface area contributed by atoms with Gasteiger partial charge in [-0.3, -0.25) is 0 Å². The highest BCUT2D eigenvalue weighted by Crippen LogP contribution is 2.37. The van der Waals surface area contributed by atoms with Gasteiger partial charge >= 0.3 is 0 Å². The van der Waals surface area contributed by atoms with E-state index in [0.717, 1.165) is 35.5 Å². The summed E-state index contributed by atoms with van der Waals surface area (Å²) in [7, 11) is -2.61. The summed E-state index contributed by atoms with van der Waals surface area (Å²) in [4.78, 5) is 0. The fourth-order valence-corrected chi connectivity index (χ4v) is 9.70. The van der Waals surface area contributed by atoms with Crippen LogP contribution in [-0.4, -0.2) is 20.0 Å². The summed E-state index contributed by atoms with van der Waals surface area (Å²) in [6.07, 6.45) is 2.55. The van der Waals surface area contributed by atoms with Crippen molar-refractivity contribution in [3.05, 3.63) is 126 Å². The van der Waals surface area contributed by atoms with E-state index in [0.29, 0.717) is 6.61 Å². The van der Waals surface area contributed by atoms with Gasteiger partial charge in [-0.15, -0.1) is 0 Å². The third-order valence-corrected chi connectivity index (χ3v) is 12.4. The van der Waals surface area contributed by atoms with Crippen LogP contribution in [0.25, 0.3) is 0 Å². The molecule has 0 aromatic heterocycles. The first kappa shape index (κ1) is 30.3. The van der Waals surface area contributed by atoms with E-state index in [1.807, 2.05) is 48.5 Å². The molecule has 0 heterocycles. The minimum absolute atomic E-state index is 0.0825. The molecule has 212 valence electrons.